The first-order chi connectivity index (χ1) is 24.7. The van der Waals surface area contributed by atoms with Crippen molar-refractivity contribution in [1.29, 1.82) is 0 Å². The number of aromatic nitrogens is 6. The molecule has 0 bridgehead atoms. The summed E-state index contributed by atoms with van der Waals surface area (Å²) in [6.07, 6.45) is 5.15. The van der Waals surface area contributed by atoms with Gasteiger partial charge in [-0.25, -0.2) is 28.1 Å². The molecule has 7 rings (SSSR count). The number of aliphatic hydroxyl groups excluding tert-OH is 1. The van der Waals surface area contributed by atoms with E-state index in [1.165, 1.54) is 28.0 Å². The van der Waals surface area contributed by atoms with Gasteiger partial charge < -0.3 is 24.4 Å². The lowest BCUT2D eigenvalue weighted by molar-refractivity contribution is -0.0205. The minimum atomic E-state index is -0.861. The van der Waals surface area contributed by atoms with E-state index in [0.717, 1.165) is 54.3 Å². The summed E-state index contributed by atoms with van der Waals surface area (Å²) in [7, 11) is 2.54. The maximum absolute atomic E-state index is 15.2. The molecule has 2 fully saturated rings. The second kappa shape index (κ2) is 15.0. The van der Waals surface area contributed by atoms with E-state index >= 15 is 4.39 Å². The zero-order valence-electron chi connectivity index (χ0n) is 28.9. The van der Waals surface area contributed by atoms with Gasteiger partial charge in [0.1, 0.15) is 36.1 Å². The van der Waals surface area contributed by atoms with Crippen LogP contribution < -0.4 is 25.5 Å². The molecule has 2 aliphatic heterocycles. The Morgan fingerprint density at radius 3 is 2.25 bits per heavy atom. The highest BCUT2D eigenvalue weighted by atomic mass is 31.0. The molecule has 5 aromatic rings. The van der Waals surface area contributed by atoms with Crippen molar-refractivity contribution in [3.63, 3.8) is 0 Å². The first-order valence-corrected chi connectivity index (χ1v) is 18.0. The molecule has 4 heterocycles. The summed E-state index contributed by atoms with van der Waals surface area (Å²) < 4.78 is 32.3. The van der Waals surface area contributed by atoms with Crippen LogP contribution in [-0.2, 0) is 16.9 Å². The van der Waals surface area contributed by atoms with Crippen LogP contribution in [0.25, 0.3) is 5.69 Å². The molecular weight excluding hydrogens is 670 g/mol. The summed E-state index contributed by atoms with van der Waals surface area (Å²) in [5.41, 5.74) is 2.38. The predicted octanol–water partition coefficient (Wildman–Crippen LogP) is 3.93. The van der Waals surface area contributed by atoms with Crippen molar-refractivity contribution in [2.24, 2.45) is 5.92 Å². The lowest BCUT2D eigenvalue weighted by atomic mass is 9.87. The fourth-order valence-corrected chi connectivity index (χ4v) is 7.52. The van der Waals surface area contributed by atoms with E-state index < -0.39 is 11.7 Å². The van der Waals surface area contributed by atoms with Crippen LogP contribution in [0.15, 0.2) is 90.5 Å². The molecule has 51 heavy (non-hydrogen) atoms. The monoisotopic (exact) mass is 714 g/mol. The van der Waals surface area contributed by atoms with Gasteiger partial charge in [-0.1, -0.05) is 19.1 Å². The van der Waals surface area contributed by atoms with Gasteiger partial charge in [-0.2, -0.15) is 10.2 Å². The van der Waals surface area contributed by atoms with Gasteiger partial charge in [0.2, 0.25) is 0 Å². The molecule has 2 unspecified atom stereocenters. The molecule has 1 N–H and O–H groups in total. The summed E-state index contributed by atoms with van der Waals surface area (Å²) in [5, 5.41) is 19.4. The molecule has 2 aliphatic rings. The molecule has 14 heteroatoms. The lowest BCUT2D eigenvalue weighted by Crippen LogP contribution is -2.46. The second-order valence-corrected chi connectivity index (χ2v) is 14.1. The number of nitrogens with zero attached hydrogens (tertiary/aromatic N) is 8. The number of aliphatic hydroxyl groups is 1. The Morgan fingerprint density at radius 1 is 0.980 bits per heavy atom. The zero-order valence-corrected chi connectivity index (χ0v) is 30.0. The highest BCUT2D eigenvalue weighted by molar-refractivity contribution is 7.27. The fourth-order valence-electron chi connectivity index (χ4n) is 7.28. The molecule has 0 spiro atoms. The summed E-state index contributed by atoms with van der Waals surface area (Å²) in [4.78, 5) is 21.8. The Kier molecular flexibility index (Phi) is 10.2. The molecule has 5 atom stereocenters. The van der Waals surface area contributed by atoms with E-state index in [0.29, 0.717) is 38.2 Å². The number of rotatable bonds is 12. The fraction of sp³-hybridized carbons (Fsp3) is 0.405. The van der Waals surface area contributed by atoms with Crippen LogP contribution in [0.3, 0.4) is 0 Å². The van der Waals surface area contributed by atoms with Gasteiger partial charge in [-0.3, -0.25) is 0 Å². The third kappa shape index (κ3) is 7.42. The first kappa shape index (κ1) is 34.9. The normalized spacial score (nSPS) is 20.5. The Morgan fingerprint density at radius 2 is 1.65 bits per heavy atom. The van der Waals surface area contributed by atoms with Gasteiger partial charge in [0.25, 0.3) is 0 Å². The van der Waals surface area contributed by atoms with Crippen LogP contribution in [0.1, 0.15) is 38.3 Å². The van der Waals surface area contributed by atoms with Crippen LogP contribution in [-0.4, -0.2) is 79.7 Å². The van der Waals surface area contributed by atoms with Gasteiger partial charge in [0.15, 0.2) is 0 Å². The van der Waals surface area contributed by atoms with E-state index in [1.54, 1.807) is 24.0 Å². The smallest absolute Gasteiger partial charge is 0.350 e. The van der Waals surface area contributed by atoms with Gasteiger partial charge in [-0.05, 0) is 79.7 Å². The Hall–Kier alpha value is -4.58. The van der Waals surface area contributed by atoms with E-state index in [4.69, 9.17) is 9.47 Å². The van der Waals surface area contributed by atoms with Gasteiger partial charge in [0, 0.05) is 49.0 Å². The highest BCUT2D eigenvalue weighted by Crippen LogP contribution is 2.42. The van der Waals surface area contributed by atoms with Crippen molar-refractivity contribution in [2.75, 3.05) is 49.2 Å². The molecule has 2 saturated heterocycles. The van der Waals surface area contributed by atoms with Crippen molar-refractivity contribution in [1.82, 2.24) is 29.1 Å². The van der Waals surface area contributed by atoms with E-state index in [1.807, 2.05) is 49.4 Å². The van der Waals surface area contributed by atoms with Crippen LogP contribution in [0, 0.1) is 11.7 Å². The maximum Gasteiger partial charge on any atom is 0.350 e. The van der Waals surface area contributed by atoms with E-state index in [9.17, 15) is 9.90 Å². The molecule has 0 aliphatic carbocycles. The SMILES string of the molecule is CC[C@@H]([C@H](C)O)n1ncn(-c2ccc(N3CCN(c4ccc(OC[C@H]5COC(Cn6cncn6)(c6ccc(P)cc6F)C5)cc4)CC3)cc2)c1=O. The number of hydrogen-bond acceptors (Lipinski definition) is 9. The van der Waals surface area contributed by atoms with E-state index in [-0.39, 0.29) is 23.5 Å². The zero-order chi connectivity index (χ0) is 35.5. The summed E-state index contributed by atoms with van der Waals surface area (Å²) in [6, 6.07) is 21.0. The van der Waals surface area contributed by atoms with Crippen molar-refractivity contribution < 1.29 is 19.0 Å². The Bertz CT molecular complexity index is 1960. The average Bonchev–Trinajstić information content (AvgIpc) is 3.90. The van der Waals surface area contributed by atoms with Crippen LogP contribution in [0.4, 0.5) is 15.8 Å². The van der Waals surface area contributed by atoms with E-state index in [2.05, 4.69) is 46.4 Å². The van der Waals surface area contributed by atoms with Crippen LogP contribution in [0.5, 0.6) is 5.75 Å². The standard InChI is InChI=1S/C37H44FN8O4P/c1-3-35(26(2)47)46-36(48)45(25-41-46)30-6-4-28(5-7-30)42-14-16-43(17-15-42)29-8-10-31(11-9-29)49-20-27-19-37(50-21-27,22-44-24-39-23-40-44)33-13-12-32(51)18-34(33)38/h4-13,18,23-27,35,47H,3,14-17,19-22,51H2,1-2H3/t26-,27-,35-,37?/m0/s1. The van der Waals surface area contributed by atoms with Crippen molar-refractivity contribution in [3.8, 4) is 11.4 Å². The molecule has 0 radical (unpaired) electrons. The second-order valence-electron chi connectivity index (χ2n) is 13.4. The quantitative estimate of drug-likeness (QED) is 0.192. The summed E-state index contributed by atoms with van der Waals surface area (Å²) in [6.45, 7) is 8.34. The molecule has 0 amide bonds. The van der Waals surface area contributed by atoms with Crippen LogP contribution >= 0.6 is 9.24 Å². The van der Waals surface area contributed by atoms with Gasteiger partial charge >= 0.3 is 5.69 Å². The highest BCUT2D eigenvalue weighted by Gasteiger charge is 2.44. The number of ether oxygens (including phenoxy) is 2. The average molecular weight is 715 g/mol. The summed E-state index contributed by atoms with van der Waals surface area (Å²) in [5.74, 6) is 0.564. The van der Waals surface area contributed by atoms with Crippen LogP contribution in [0.2, 0.25) is 0 Å². The predicted molar refractivity (Wildman–Crippen MR) is 197 cm³/mol. The molecule has 268 valence electrons. The number of hydrogen-bond donors (Lipinski definition) is 1. The Balaban J connectivity index is 0.923. The molecule has 12 nitrogen and oxygen atoms in total. The maximum atomic E-state index is 15.2. The minimum absolute atomic E-state index is 0.0765. The number of piperazine rings is 1. The molecule has 3 aromatic carbocycles. The summed E-state index contributed by atoms with van der Waals surface area (Å²) >= 11 is 0. The Labute approximate surface area is 298 Å². The minimum Gasteiger partial charge on any atom is -0.493 e. The van der Waals surface area contributed by atoms with Gasteiger partial charge in [-0.15, -0.1) is 9.24 Å². The molecule has 0 saturated carbocycles. The number of benzene rings is 3. The van der Waals surface area contributed by atoms with Crippen molar-refractivity contribution in [3.05, 3.63) is 108 Å². The van der Waals surface area contributed by atoms with Gasteiger partial charge in [0.05, 0.1) is 37.6 Å². The van der Waals surface area contributed by atoms with Crippen molar-refractivity contribution in [2.45, 2.75) is 51.0 Å². The molecular formula is C37H44FN8O4P. The van der Waals surface area contributed by atoms with Crippen molar-refractivity contribution >= 4 is 25.9 Å². The first-order valence-electron chi connectivity index (χ1n) is 17.4. The third-order valence-electron chi connectivity index (χ3n) is 10.0. The largest absolute Gasteiger partial charge is 0.493 e. The molecule has 2 aromatic heterocycles. The topological polar surface area (TPSA) is 116 Å². The number of halogens is 1. The number of anilines is 2. The third-order valence-corrected chi connectivity index (χ3v) is 10.4. The lowest BCUT2D eigenvalue weighted by Gasteiger charge is -2.37.